The lowest BCUT2D eigenvalue weighted by Gasteiger charge is -2.21. The molecule has 1 aromatic rings. The van der Waals surface area contributed by atoms with Crippen LogP contribution >= 0.6 is 0 Å². The third-order valence-corrected chi connectivity index (χ3v) is 2.79. The largest absolute Gasteiger partial charge is 0.358 e. The first-order chi connectivity index (χ1) is 8.85. The molecule has 2 rings (SSSR count). The molecule has 0 radical (unpaired) electrons. The van der Waals surface area contributed by atoms with Gasteiger partial charge in [-0.15, -0.1) is 6.58 Å². The van der Waals surface area contributed by atoms with Gasteiger partial charge in [-0.25, -0.2) is 0 Å². The molecule has 1 aliphatic heterocycles. The van der Waals surface area contributed by atoms with E-state index < -0.39 is 0 Å². The molecule has 0 N–H and O–H groups in total. The lowest BCUT2D eigenvalue weighted by molar-refractivity contribution is -0.101. The predicted molar refractivity (Wildman–Crippen MR) is 72.4 cm³/mol. The summed E-state index contributed by atoms with van der Waals surface area (Å²) in [5.41, 5.74) is 2.97. The van der Waals surface area contributed by atoms with Gasteiger partial charge in [0.05, 0.1) is 0 Å². The first-order valence-electron chi connectivity index (χ1n) is 5.98. The summed E-state index contributed by atoms with van der Waals surface area (Å²) in [5, 5.41) is 4.10. The second-order valence-corrected chi connectivity index (χ2v) is 4.06. The van der Waals surface area contributed by atoms with E-state index in [0.717, 1.165) is 29.7 Å². The van der Waals surface area contributed by atoms with Crippen molar-refractivity contribution in [3.05, 3.63) is 60.2 Å². The van der Waals surface area contributed by atoms with E-state index in [-0.39, 0.29) is 6.29 Å². The van der Waals surface area contributed by atoms with Crippen LogP contribution in [0, 0.1) is 0 Å². The van der Waals surface area contributed by atoms with Crippen molar-refractivity contribution in [2.24, 2.45) is 5.16 Å². The number of nitrogens with zero attached hydrogens (tertiary/aromatic N) is 1. The van der Waals surface area contributed by atoms with Crippen molar-refractivity contribution in [2.75, 3.05) is 7.11 Å². The summed E-state index contributed by atoms with van der Waals surface area (Å²) >= 11 is 0. The topological polar surface area (TPSA) is 30.8 Å². The molecule has 18 heavy (non-hydrogen) atoms. The van der Waals surface area contributed by atoms with Gasteiger partial charge in [-0.3, -0.25) is 0 Å². The summed E-state index contributed by atoms with van der Waals surface area (Å²) in [6.45, 7) is 3.73. The maximum atomic E-state index is 5.37. The Labute approximate surface area is 107 Å². The van der Waals surface area contributed by atoms with Crippen LogP contribution < -0.4 is 0 Å². The van der Waals surface area contributed by atoms with Crippen molar-refractivity contribution in [1.82, 2.24) is 0 Å². The van der Waals surface area contributed by atoms with Crippen molar-refractivity contribution in [2.45, 2.75) is 19.1 Å². The van der Waals surface area contributed by atoms with E-state index in [1.807, 2.05) is 42.5 Å². The molecule has 1 atom stereocenters. The highest BCUT2D eigenvalue weighted by molar-refractivity contribution is 6.09. The van der Waals surface area contributed by atoms with Gasteiger partial charge in [0.25, 0.3) is 0 Å². The summed E-state index contributed by atoms with van der Waals surface area (Å²) in [5.74, 6) is 0. The van der Waals surface area contributed by atoms with Gasteiger partial charge in [-0.2, -0.15) is 0 Å². The zero-order valence-corrected chi connectivity index (χ0v) is 10.5. The molecule has 0 spiro atoms. The van der Waals surface area contributed by atoms with Crippen LogP contribution in [0.15, 0.2) is 59.8 Å². The first kappa shape index (κ1) is 12.6. The van der Waals surface area contributed by atoms with Crippen molar-refractivity contribution in [1.29, 1.82) is 0 Å². The molecule has 0 aliphatic carbocycles. The Hall–Kier alpha value is -1.87. The molecule has 0 bridgehead atoms. The average Bonchev–Trinajstić information content (AvgIpc) is 2.45. The molecule has 0 amide bonds. The van der Waals surface area contributed by atoms with E-state index in [1.54, 1.807) is 7.11 Å². The number of rotatable bonds is 5. The van der Waals surface area contributed by atoms with E-state index in [1.165, 1.54) is 0 Å². The van der Waals surface area contributed by atoms with E-state index in [9.17, 15) is 0 Å². The molecular weight excluding hydrogens is 226 g/mol. The highest BCUT2D eigenvalue weighted by Crippen LogP contribution is 2.21. The molecule has 0 aromatic heterocycles. The fourth-order valence-corrected chi connectivity index (χ4v) is 1.84. The highest BCUT2D eigenvalue weighted by Gasteiger charge is 2.20. The number of methoxy groups -OCH3 is 1. The van der Waals surface area contributed by atoms with Gasteiger partial charge in [-0.05, 0) is 18.9 Å². The molecule has 3 heteroatoms. The van der Waals surface area contributed by atoms with Crippen LogP contribution in [0.25, 0.3) is 0 Å². The van der Waals surface area contributed by atoms with Gasteiger partial charge in [0, 0.05) is 18.2 Å². The highest BCUT2D eigenvalue weighted by atomic mass is 16.8. The zero-order valence-electron chi connectivity index (χ0n) is 10.5. The number of hydrogen-bond acceptors (Lipinski definition) is 3. The Morgan fingerprint density at radius 3 is 2.83 bits per heavy atom. The molecule has 1 unspecified atom stereocenters. The minimum Gasteiger partial charge on any atom is -0.358 e. The molecule has 1 heterocycles. The molecule has 0 saturated heterocycles. The van der Waals surface area contributed by atoms with Crippen molar-refractivity contribution < 1.29 is 9.57 Å². The Kier molecular flexibility index (Phi) is 4.31. The fourth-order valence-electron chi connectivity index (χ4n) is 1.84. The van der Waals surface area contributed by atoms with Gasteiger partial charge in [0.15, 0.2) is 0 Å². The summed E-state index contributed by atoms with van der Waals surface area (Å²) < 4.78 is 5.25. The van der Waals surface area contributed by atoms with Crippen LogP contribution in [-0.2, 0) is 9.57 Å². The fraction of sp³-hybridized carbons (Fsp3) is 0.267. The Morgan fingerprint density at radius 1 is 1.39 bits per heavy atom. The van der Waals surface area contributed by atoms with E-state index >= 15 is 0 Å². The molecule has 0 saturated carbocycles. The van der Waals surface area contributed by atoms with Crippen LogP contribution in [0.2, 0.25) is 0 Å². The van der Waals surface area contributed by atoms with Crippen LogP contribution in [0.5, 0.6) is 0 Å². The van der Waals surface area contributed by atoms with Crippen LogP contribution in [0.3, 0.4) is 0 Å². The molecule has 1 aromatic carbocycles. The normalized spacial score (nSPS) is 18.6. The Balaban J connectivity index is 2.21. The molecule has 0 fully saturated rings. The molecule has 3 nitrogen and oxygen atoms in total. The minimum atomic E-state index is -0.377. The lowest BCUT2D eigenvalue weighted by Crippen LogP contribution is -2.21. The van der Waals surface area contributed by atoms with Crippen molar-refractivity contribution in [3.63, 3.8) is 0 Å². The van der Waals surface area contributed by atoms with Crippen molar-refractivity contribution in [3.8, 4) is 0 Å². The Morgan fingerprint density at radius 2 is 2.17 bits per heavy atom. The lowest BCUT2D eigenvalue weighted by atomic mass is 10.0. The quantitative estimate of drug-likeness (QED) is 0.743. The maximum Gasteiger partial charge on any atom is 0.249 e. The number of benzene rings is 1. The van der Waals surface area contributed by atoms with Gasteiger partial charge < -0.3 is 9.57 Å². The third kappa shape index (κ3) is 2.87. The number of allylic oxidation sites excluding steroid dienone is 2. The predicted octanol–water partition coefficient (Wildman–Crippen LogP) is 3.29. The van der Waals surface area contributed by atoms with Gasteiger partial charge in [0.2, 0.25) is 6.29 Å². The van der Waals surface area contributed by atoms with Gasteiger partial charge >= 0.3 is 0 Å². The van der Waals surface area contributed by atoms with E-state index in [0.29, 0.717) is 0 Å². The second kappa shape index (κ2) is 6.17. The number of hydrogen-bond donors (Lipinski definition) is 0. The van der Waals surface area contributed by atoms with E-state index in [4.69, 9.17) is 9.57 Å². The SMILES string of the molecule is C=CCCC1=CC(c2ccccc2)=NOC1OC. The van der Waals surface area contributed by atoms with Gasteiger partial charge in [0.1, 0.15) is 5.71 Å². The van der Waals surface area contributed by atoms with Crippen LogP contribution in [-0.4, -0.2) is 19.1 Å². The summed E-state index contributed by atoms with van der Waals surface area (Å²) in [7, 11) is 1.62. The number of ether oxygens (including phenoxy) is 1. The summed E-state index contributed by atoms with van der Waals surface area (Å²) in [6.07, 6.45) is 5.32. The minimum absolute atomic E-state index is 0.377. The summed E-state index contributed by atoms with van der Waals surface area (Å²) in [6, 6.07) is 9.97. The smallest absolute Gasteiger partial charge is 0.249 e. The van der Waals surface area contributed by atoms with Crippen molar-refractivity contribution >= 4 is 5.71 Å². The first-order valence-corrected chi connectivity index (χ1v) is 5.98. The maximum absolute atomic E-state index is 5.37. The van der Waals surface area contributed by atoms with Gasteiger partial charge in [-0.1, -0.05) is 41.6 Å². The summed E-state index contributed by atoms with van der Waals surface area (Å²) in [4.78, 5) is 5.37. The molecule has 94 valence electrons. The average molecular weight is 243 g/mol. The number of oxime groups is 1. The molecule has 1 aliphatic rings. The second-order valence-electron chi connectivity index (χ2n) is 4.06. The third-order valence-electron chi connectivity index (χ3n) is 2.79. The Bertz CT molecular complexity index is 463. The van der Waals surface area contributed by atoms with E-state index in [2.05, 4.69) is 11.7 Å². The van der Waals surface area contributed by atoms with Crippen LogP contribution in [0.1, 0.15) is 18.4 Å². The standard InChI is InChI=1S/C15H17NO2/c1-3-4-8-13-11-14(16-18-15(13)17-2)12-9-6-5-7-10-12/h3,5-7,9-11,15H,1,4,8H2,2H3. The molecular formula is C15H17NO2. The zero-order chi connectivity index (χ0) is 12.8. The van der Waals surface area contributed by atoms with Crippen LogP contribution in [0.4, 0.5) is 0 Å². The monoisotopic (exact) mass is 243 g/mol.